The van der Waals surface area contributed by atoms with Crippen LogP contribution in [0.4, 0.5) is 5.69 Å². The number of hydrogen-bond acceptors (Lipinski definition) is 4. The van der Waals surface area contributed by atoms with Gasteiger partial charge in [0.25, 0.3) is 5.91 Å². The molecule has 0 aromatic carbocycles. The maximum Gasteiger partial charge on any atom is 0.253 e. The van der Waals surface area contributed by atoms with E-state index in [0.29, 0.717) is 11.3 Å². The molecule has 20 heavy (non-hydrogen) atoms. The van der Waals surface area contributed by atoms with Crippen LogP contribution in [-0.2, 0) is 0 Å². The van der Waals surface area contributed by atoms with Crippen molar-refractivity contribution < 1.29 is 4.79 Å². The van der Waals surface area contributed by atoms with Gasteiger partial charge in [0.15, 0.2) is 0 Å². The Hall–Kier alpha value is -1.62. The fourth-order valence-corrected chi connectivity index (χ4v) is 2.15. The summed E-state index contributed by atoms with van der Waals surface area (Å²) in [5.41, 5.74) is 6.66. The van der Waals surface area contributed by atoms with Gasteiger partial charge in [-0.25, -0.2) is 0 Å². The van der Waals surface area contributed by atoms with E-state index in [1.165, 1.54) is 6.20 Å². The summed E-state index contributed by atoms with van der Waals surface area (Å²) in [5, 5.41) is 2.98. The lowest BCUT2D eigenvalue weighted by atomic mass is 10.1. The van der Waals surface area contributed by atoms with Crippen molar-refractivity contribution in [2.75, 3.05) is 25.4 Å². The highest BCUT2D eigenvalue weighted by atomic mass is 16.1. The zero-order valence-electron chi connectivity index (χ0n) is 12.7. The first-order valence-electron chi connectivity index (χ1n) is 7.31. The summed E-state index contributed by atoms with van der Waals surface area (Å²) in [6.45, 7) is 9.58. The molecule has 0 aliphatic rings. The van der Waals surface area contributed by atoms with E-state index in [-0.39, 0.29) is 11.9 Å². The number of anilines is 1. The van der Waals surface area contributed by atoms with Crippen LogP contribution in [0.2, 0.25) is 0 Å². The van der Waals surface area contributed by atoms with Gasteiger partial charge in [-0.3, -0.25) is 9.78 Å². The molecule has 112 valence electrons. The molecule has 0 fully saturated rings. The molecule has 0 bridgehead atoms. The summed E-state index contributed by atoms with van der Waals surface area (Å²) >= 11 is 0. The number of pyridine rings is 1. The SMILES string of the molecule is CCN(CC)CCCC(C)NC(=O)c1ccncc1N. The number of nitrogen functional groups attached to an aromatic ring is 1. The van der Waals surface area contributed by atoms with E-state index < -0.39 is 0 Å². The molecule has 0 spiro atoms. The van der Waals surface area contributed by atoms with Gasteiger partial charge in [0.2, 0.25) is 0 Å². The van der Waals surface area contributed by atoms with Crippen LogP contribution in [-0.4, -0.2) is 41.5 Å². The number of carbonyl (C=O) groups excluding carboxylic acids is 1. The Labute approximate surface area is 121 Å². The summed E-state index contributed by atoms with van der Waals surface area (Å²) in [6, 6.07) is 1.79. The predicted molar refractivity (Wildman–Crippen MR) is 82.6 cm³/mol. The molecule has 1 unspecified atom stereocenters. The monoisotopic (exact) mass is 278 g/mol. The molecule has 1 aromatic rings. The molecule has 1 heterocycles. The average Bonchev–Trinajstić information content (AvgIpc) is 2.44. The van der Waals surface area contributed by atoms with Gasteiger partial charge >= 0.3 is 0 Å². The number of nitrogens with two attached hydrogens (primary N) is 1. The highest BCUT2D eigenvalue weighted by Crippen LogP contribution is 2.09. The number of carbonyl (C=O) groups is 1. The van der Waals surface area contributed by atoms with Gasteiger partial charge in [0, 0.05) is 12.2 Å². The highest BCUT2D eigenvalue weighted by Gasteiger charge is 2.12. The van der Waals surface area contributed by atoms with Gasteiger partial charge < -0.3 is 16.0 Å². The Morgan fingerprint density at radius 2 is 2.15 bits per heavy atom. The first kappa shape index (κ1) is 16.4. The first-order chi connectivity index (χ1) is 9.58. The lowest BCUT2D eigenvalue weighted by molar-refractivity contribution is 0.0938. The summed E-state index contributed by atoms with van der Waals surface area (Å²) in [5.74, 6) is -0.125. The zero-order valence-corrected chi connectivity index (χ0v) is 12.7. The Bertz CT molecular complexity index is 418. The van der Waals surface area contributed by atoms with Crippen molar-refractivity contribution >= 4 is 11.6 Å². The minimum absolute atomic E-state index is 0.125. The third kappa shape index (κ3) is 5.17. The third-order valence-corrected chi connectivity index (χ3v) is 3.48. The summed E-state index contributed by atoms with van der Waals surface area (Å²) < 4.78 is 0. The Morgan fingerprint density at radius 3 is 2.75 bits per heavy atom. The van der Waals surface area contributed by atoms with Gasteiger partial charge in [0.05, 0.1) is 17.4 Å². The fourth-order valence-electron chi connectivity index (χ4n) is 2.15. The Balaban J connectivity index is 2.37. The van der Waals surface area contributed by atoms with Crippen LogP contribution in [0.25, 0.3) is 0 Å². The topological polar surface area (TPSA) is 71.2 Å². The van der Waals surface area contributed by atoms with Gasteiger partial charge in [-0.05, 0) is 45.5 Å². The van der Waals surface area contributed by atoms with E-state index in [9.17, 15) is 4.79 Å². The molecular weight excluding hydrogens is 252 g/mol. The minimum Gasteiger partial charge on any atom is -0.397 e. The second-order valence-electron chi connectivity index (χ2n) is 5.01. The van der Waals surface area contributed by atoms with Crippen molar-refractivity contribution in [3.63, 3.8) is 0 Å². The summed E-state index contributed by atoms with van der Waals surface area (Å²) in [4.78, 5) is 18.3. The number of aromatic nitrogens is 1. The van der Waals surface area contributed by atoms with E-state index in [2.05, 4.69) is 29.0 Å². The van der Waals surface area contributed by atoms with E-state index in [4.69, 9.17) is 5.73 Å². The van der Waals surface area contributed by atoms with E-state index in [1.54, 1.807) is 12.3 Å². The van der Waals surface area contributed by atoms with Crippen molar-refractivity contribution in [2.24, 2.45) is 0 Å². The molecule has 1 rings (SSSR count). The lowest BCUT2D eigenvalue weighted by Gasteiger charge is -2.20. The summed E-state index contributed by atoms with van der Waals surface area (Å²) in [6.07, 6.45) is 5.12. The average molecular weight is 278 g/mol. The largest absolute Gasteiger partial charge is 0.397 e. The number of hydrogen-bond donors (Lipinski definition) is 2. The van der Waals surface area contributed by atoms with Crippen LogP contribution in [0.5, 0.6) is 0 Å². The predicted octanol–water partition coefficient (Wildman–Crippen LogP) is 1.90. The van der Waals surface area contributed by atoms with Crippen LogP contribution in [0.3, 0.4) is 0 Å². The summed E-state index contributed by atoms with van der Waals surface area (Å²) in [7, 11) is 0. The molecule has 0 saturated carbocycles. The maximum absolute atomic E-state index is 12.1. The fraction of sp³-hybridized carbons (Fsp3) is 0.600. The molecule has 5 nitrogen and oxygen atoms in total. The van der Waals surface area contributed by atoms with E-state index in [0.717, 1.165) is 32.5 Å². The smallest absolute Gasteiger partial charge is 0.253 e. The van der Waals surface area contributed by atoms with Gasteiger partial charge in [-0.15, -0.1) is 0 Å². The van der Waals surface area contributed by atoms with Gasteiger partial charge in [-0.2, -0.15) is 0 Å². The van der Waals surface area contributed by atoms with E-state index in [1.807, 2.05) is 6.92 Å². The molecule has 1 aromatic heterocycles. The standard InChI is InChI=1S/C15H26N4O/c1-4-19(5-2)10-6-7-12(3)18-15(20)13-8-9-17-11-14(13)16/h8-9,11-12H,4-7,10,16H2,1-3H3,(H,18,20). The van der Waals surface area contributed by atoms with Gasteiger partial charge in [-0.1, -0.05) is 13.8 Å². The van der Waals surface area contributed by atoms with Crippen LogP contribution in [0.1, 0.15) is 44.0 Å². The Kier molecular flexibility index (Phi) is 7.01. The second-order valence-corrected chi connectivity index (χ2v) is 5.01. The molecule has 1 amide bonds. The van der Waals surface area contributed by atoms with Crippen LogP contribution in [0, 0.1) is 0 Å². The third-order valence-electron chi connectivity index (χ3n) is 3.48. The van der Waals surface area contributed by atoms with E-state index >= 15 is 0 Å². The normalized spacial score (nSPS) is 12.4. The van der Waals surface area contributed by atoms with Crippen LogP contribution >= 0.6 is 0 Å². The zero-order chi connectivity index (χ0) is 15.0. The molecule has 0 radical (unpaired) electrons. The minimum atomic E-state index is -0.125. The Morgan fingerprint density at radius 1 is 1.45 bits per heavy atom. The molecule has 5 heteroatoms. The van der Waals surface area contributed by atoms with Gasteiger partial charge in [0.1, 0.15) is 0 Å². The van der Waals surface area contributed by atoms with Crippen LogP contribution in [0.15, 0.2) is 18.5 Å². The first-order valence-corrected chi connectivity index (χ1v) is 7.31. The van der Waals surface area contributed by atoms with Crippen molar-refractivity contribution in [2.45, 2.75) is 39.7 Å². The second kappa shape index (κ2) is 8.53. The van der Waals surface area contributed by atoms with Crippen molar-refractivity contribution in [1.82, 2.24) is 15.2 Å². The molecule has 3 N–H and O–H groups in total. The quantitative estimate of drug-likeness (QED) is 0.762. The molecular formula is C15H26N4O. The highest BCUT2D eigenvalue weighted by molar-refractivity contribution is 5.98. The van der Waals surface area contributed by atoms with Crippen molar-refractivity contribution in [3.05, 3.63) is 24.0 Å². The molecule has 0 saturated heterocycles. The van der Waals surface area contributed by atoms with Crippen molar-refractivity contribution in [1.29, 1.82) is 0 Å². The molecule has 0 aliphatic carbocycles. The van der Waals surface area contributed by atoms with Crippen LogP contribution < -0.4 is 11.1 Å². The number of amides is 1. The number of nitrogens with zero attached hydrogens (tertiary/aromatic N) is 2. The molecule has 1 atom stereocenters. The molecule has 0 aliphatic heterocycles. The van der Waals surface area contributed by atoms with Crippen molar-refractivity contribution in [3.8, 4) is 0 Å². The lowest BCUT2D eigenvalue weighted by Crippen LogP contribution is -2.34. The number of nitrogens with one attached hydrogen (secondary N) is 1. The maximum atomic E-state index is 12.1. The number of rotatable bonds is 8.